The van der Waals surface area contributed by atoms with Crippen LogP contribution in [0.15, 0.2) is 29.2 Å². The smallest absolute Gasteiger partial charge is 0.240 e. The standard InChI is InChI=1S/C13H19NO3S/c1-2-3-10-4-6-13(7-5-10)18(16,17)14-11-8-12(15)9-11/h4-7,11-12,14-15H,2-3,8-9H2,1H3. The zero-order valence-corrected chi connectivity index (χ0v) is 11.3. The molecule has 1 aromatic carbocycles. The number of aryl methyl sites for hydroxylation is 1. The van der Waals surface area contributed by atoms with Gasteiger partial charge in [0.1, 0.15) is 0 Å². The van der Waals surface area contributed by atoms with E-state index >= 15 is 0 Å². The highest BCUT2D eigenvalue weighted by atomic mass is 32.2. The minimum absolute atomic E-state index is 0.125. The summed E-state index contributed by atoms with van der Waals surface area (Å²) in [6.07, 6.45) is 2.66. The monoisotopic (exact) mass is 269 g/mol. The summed E-state index contributed by atoms with van der Waals surface area (Å²) in [4.78, 5) is 0.295. The molecule has 0 unspecified atom stereocenters. The number of hydrogen-bond donors (Lipinski definition) is 2. The lowest BCUT2D eigenvalue weighted by Crippen LogP contribution is -2.46. The van der Waals surface area contributed by atoms with Gasteiger partial charge in [0.2, 0.25) is 10.0 Å². The van der Waals surface area contributed by atoms with E-state index in [0.29, 0.717) is 17.7 Å². The van der Waals surface area contributed by atoms with Gasteiger partial charge in [0.25, 0.3) is 0 Å². The summed E-state index contributed by atoms with van der Waals surface area (Å²) in [6.45, 7) is 2.09. The minimum Gasteiger partial charge on any atom is -0.393 e. The average molecular weight is 269 g/mol. The number of rotatable bonds is 5. The molecule has 1 aliphatic rings. The van der Waals surface area contributed by atoms with Gasteiger partial charge in [-0.1, -0.05) is 25.5 Å². The molecule has 0 saturated heterocycles. The third-order valence-electron chi connectivity index (χ3n) is 3.21. The van der Waals surface area contributed by atoms with Crippen molar-refractivity contribution < 1.29 is 13.5 Å². The largest absolute Gasteiger partial charge is 0.393 e. The Hall–Kier alpha value is -0.910. The van der Waals surface area contributed by atoms with Gasteiger partial charge in [0.05, 0.1) is 11.0 Å². The summed E-state index contributed by atoms with van der Waals surface area (Å²) in [7, 11) is -3.44. The van der Waals surface area contributed by atoms with Crippen LogP contribution in [-0.2, 0) is 16.4 Å². The van der Waals surface area contributed by atoms with Crippen LogP contribution >= 0.6 is 0 Å². The zero-order chi connectivity index (χ0) is 13.2. The van der Waals surface area contributed by atoms with E-state index in [1.807, 2.05) is 12.1 Å². The van der Waals surface area contributed by atoms with Crippen LogP contribution in [0.3, 0.4) is 0 Å². The van der Waals surface area contributed by atoms with Crippen LogP contribution in [0.2, 0.25) is 0 Å². The van der Waals surface area contributed by atoms with Gasteiger partial charge in [-0.05, 0) is 37.0 Å². The topological polar surface area (TPSA) is 66.4 Å². The Labute approximate surface area is 108 Å². The molecule has 0 bridgehead atoms. The molecule has 18 heavy (non-hydrogen) atoms. The molecular weight excluding hydrogens is 250 g/mol. The second kappa shape index (κ2) is 5.38. The first-order chi connectivity index (χ1) is 8.51. The summed E-state index contributed by atoms with van der Waals surface area (Å²) in [5.41, 5.74) is 1.15. The van der Waals surface area contributed by atoms with Crippen LogP contribution in [0.25, 0.3) is 0 Å². The highest BCUT2D eigenvalue weighted by molar-refractivity contribution is 7.89. The molecule has 0 atom stereocenters. The van der Waals surface area contributed by atoms with Crippen molar-refractivity contribution >= 4 is 10.0 Å². The molecule has 0 aliphatic heterocycles. The van der Waals surface area contributed by atoms with Crippen LogP contribution in [0.4, 0.5) is 0 Å². The maximum atomic E-state index is 12.0. The lowest BCUT2D eigenvalue weighted by atomic mass is 9.91. The number of hydrogen-bond acceptors (Lipinski definition) is 3. The molecular formula is C13H19NO3S. The normalized spacial score (nSPS) is 23.7. The van der Waals surface area contributed by atoms with E-state index < -0.39 is 10.0 Å². The lowest BCUT2D eigenvalue weighted by molar-refractivity contribution is 0.0712. The Bertz CT molecular complexity index is 489. The van der Waals surface area contributed by atoms with Crippen molar-refractivity contribution in [2.24, 2.45) is 0 Å². The Morgan fingerprint density at radius 3 is 2.39 bits per heavy atom. The summed E-state index contributed by atoms with van der Waals surface area (Å²) < 4.78 is 26.6. The molecule has 2 N–H and O–H groups in total. The first kappa shape index (κ1) is 13.5. The van der Waals surface area contributed by atoms with E-state index in [4.69, 9.17) is 5.11 Å². The first-order valence-corrected chi connectivity index (χ1v) is 7.79. The van der Waals surface area contributed by atoms with Crippen LogP contribution in [0.5, 0.6) is 0 Å². The van der Waals surface area contributed by atoms with E-state index in [2.05, 4.69) is 11.6 Å². The fourth-order valence-corrected chi connectivity index (χ4v) is 3.36. The van der Waals surface area contributed by atoms with Crippen molar-refractivity contribution in [2.75, 3.05) is 0 Å². The van der Waals surface area contributed by atoms with Gasteiger partial charge >= 0.3 is 0 Å². The van der Waals surface area contributed by atoms with Crippen molar-refractivity contribution in [3.63, 3.8) is 0 Å². The van der Waals surface area contributed by atoms with Crippen molar-refractivity contribution in [3.05, 3.63) is 29.8 Å². The lowest BCUT2D eigenvalue weighted by Gasteiger charge is -2.31. The van der Waals surface area contributed by atoms with Gasteiger partial charge in [0, 0.05) is 6.04 Å². The third kappa shape index (κ3) is 3.10. The molecule has 1 aliphatic carbocycles. The van der Waals surface area contributed by atoms with E-state index in [0.717, 1.165) is 18.4 Å². The molecule has 5 heteroatoms. The van der Waals surface area contributed by atoms with E-state index in [-0.39, 0.29) is 12.1 Å². The summed E-state index contributed by atoms with van der Waals surface area (Å²) in [5, 5.41) is 9.15. The quantitative estimate of drug-likeness (QED) is 0.850. The molecule has 0 radical (unpaired) electrons. The van der Waals surface area contributed by atoms with E-state index in [1.165, 1.54) is 0 Å². The minimum atomic E-state index is -3.44. The Morgan fingerprint density at radius 2 is 1.89 bits per heavy atom. The van der Waals surface area contributed by atoms with Gasteiger partial charge in [-0.3, -0.25) is 0 Å². The van der Waals surface area contributed by atoms with Crippen molar-refractivity contribution in [1.82, 2.24) is 4.72 Å². The molecule has 1 aromatic rings. The molecule has 2 rings (SSSR count). The highest BCUT2D eigenvalue weighted by Gasteiger charge is 2.31. The predicted octanol–water partition coefficient (Wildman–Crippen LogP) is 1.44. The Morgan fingerprint density at radius 1 is 1.28 bits per heavy atom. The number of aliphatic hydroxyl groups is 1. The van der Waals surface area contributed by atoms with Gasteiger partial charge < -0.3 is 5.11 Å². The molecule has 0 heterocycles. The van der Waals surface area contributed by atoms with E-state index in [9.17, 15) is 8.42 Å². The maximum Gasteiger partial charge on any atom is 0.240 e. The molecule has 0 spiro atoms. The maximum absolute atomic E-state index is 12.0. The number of benzene rings is 1. The average Bonchev–Trinajstić information content (AvgIpc) is 2.28. The molecule has 0 amide bonds. The summed E-state index contributed by atoms with van der Waals surface area (Å²) in [6, 6.07) is 6.87. The molecule has 1 fully saturated rings. The first-order valence-electron chi connectivity index (χ1n) is 6.30. The van der Waals surface area contributed by atoms with Gasteiger partial charge in [-0.15, -0.1) is 0 Å². The fourth-order valence-electron chi connectivity index (χ4n) is 2.10. The van der Waals surface area contributed by atoms with Crippen LogP contribution in [0.1, 0.15) is 31.7 Å². The molecule has 100 valence electrons. The van der Waals surface area contributed by atoms with Crippen LogP contribution < -0.4 is 4.72 Å². The Kier molecular flexibility index (Phi) is 4.04. The number of sulfonamides is 1. The third-order valence-corrected chi connectivity index (χ3v) is 4.74. The summed E-state index contributed by atoms with van der Waals surface area (Å²) >= 11 is 0. The molecule has 0 aromatic heterocycles. The van der Waals surface area contributed by atoms with E-state index in [1.54, 1.807) is 12.1 Å². The predicted molar refractivity (Wildman–Crippen MR) is 69.8 cm³/mol. The van der Waals surface area contributed by atoms with Gasteiger partial charge in [0.15, 0.2) is 0 Å². The van der Waals surface area contributed by atoms with Crippen LogP contribution in [-0.4, -0.2) is 25.7 Å². The highest BCUT2D eigenvalue weighted by Crippen LogP contribution is 2.22. The molecule has 4 nitrogen and oxygen atoms in total. The summed E-state index contributed by atoms with van der Waals surface area (Å²) in [5.74, 6) is 0. The number of nitrogens with one attached hydrogen (secondary N) is 1. The van der Waals surface area contributed by atoms with Gasteiger partial charge in [-0.2, -0.15) is 0 Å². The molecule has 1 saturated carbocycles. The second-order valence-electron chi connectivity index (χ2n) is 4.84. The zero-order valence-electron chi connectivity index (χ0n) is 10.5. The Balaban J connectivity index is 2.04. The fraction of sp³-hybridized carbons (Fsp3) is 0.538. The van der Waals surface area contributed by atoms with Crippen molar-refractivity contribution in [2.45, 2.75) is 49.6 Å². The number of aliphatic hydroxyl groups excluding tert-OH is 1. The van der Waals surface area contributed by atoms with Crippen molar-refractivity contribution in [3.8, 4) is 0 Å². The second-order valence-corrected chi connectivity index (χ2v) is 6.55. The van der Waals surface area contributed by atoms with Gasteiger partial charge in [-0.25, -0.2) is 13.1 Å². The SMILES string of the molecule is CCCc1ccc(S(=O)(=O)NC2CC(O)C2)cc1. The van der Waals surface area contributed by atoms with Crippen LogP contribution in [0, 0.1) is 0 Å². The van der Waals surface area contributed by atoms with Crippen molar-refractivity contribution in [1.29, 1.82) is 0 Å².